The van der Waals surface area contributed by atoms with Crippen LogP contribution in [-0.4, -0.2) is 37.7 Å². The minimum absolute atomic E-state index is 0.247. The van der Waals surface area contributed by atoms with Crippen LogP contribution >= 0.6 is 11.6 Å². The topological polar surface area (TPSA) is 115 Å². The number of halogens is 1. The standard InChI is InChI=1S/C19H20ClN7O/c1-19(2,3)27-17-14(16(21)23-8-24-17)15(26-27)13-6-9-5-11(20)10(18(28)22-4)7-12(9)25-13/h5-8,25H,1-4H3,(H,22,28)(H2,21,23,24). The number of amides is 1. The minimum Gasteiger partial charge on any atom is -0.383 e. The van der Waals surface area contributed by atoms with E-state index in [1.54, 1.807) is 19.2 Å². The molecule has 0 unspecified atom stereocenters. The first-order valence-electron chi connectivity index (χ1n) is 8.75. The maximum Gasteiger partial charge on any atom is 0.252 e. The van der Waals surface area contributed by atoms with Crippen LogP contribution in [0.25, 0.3) is 33.3 Å². The number of hydrogen-bond donors (Lipinski definition) is 3. The molecule has 3 aromatic heterocycles. The second-order valence-corrected chi connectivity index (χ2v) is 7.98. The number of carbonyl (C=O) groups excluding carboxylic acids is 1. The number of benzene rings is 1. The molecule has 0 saturated carbocycles. The van der Waals surface area contributed by atoms with E-state index < -0.39 is 0 Å². The summed E-state index contributed by atoms with van der Waals surface area (Å²) in [6.07, 6.45) is 1.44. The average Bonchev–Trinajstić information content (AvgIpc) is 3.21. The van der Waals surface area contributed by atoms with E-state index in [0.717, 1.165) is 16.6 Å². The maximum atomic E-state index is 12.0. The molecule has 4 rings (SSSR count). The molecule has 3 heterocycles. The molecule has 0 aliphatic carbocycles. The van der Waals surface area contributed by atoms with Crippen molar-refractivity contribution in [3.05, 3.63) is 35.1 Å². The molecule has 8 nitrogen and oxygen atoms in total. The van der Waals surface area contributed by atoms with Gasteiger partial charge in [0.05, 0.1) is 27.2 Å². The quantitative estimate of drug-likeness (QED) is 0.480. The van der Waals surface area contributed by atoms with Gasteiger partial charge in [-0.3, -0.25) is 4.79 Å². The average molecular weight is 398 g/mol. The summed E-state index contributed by atoms with van der Waals surface area (Å²) in [5, 5.41) is 9.29. The van der Waals surface area contributed by atoms with Crippen molar-refractivity contribution in [2.45, 2.75) is 26.3 Å². The third-order valence-electron chi connectivity index (χ3n) is 4.56. The number of fused-ring (bicyclic) bond motifs is 2. The molecule has 1 amide bonds. The molecule has 28 heavy (non-hydrogen) atoms. The predicted molar refractivity (Wildman–Crippen MR) is 110 cm³/mol. The third-order valence-corrected chi connectivity index (χ3v) is 4.88. The molecule has 9 heteroatoms. The van der Waals surface area contributed by atoms with Gasteiger partial charge in [0.1, 0.15) is 17.8 Å². The summed E-state index contributed by atoms with van der Waals surface area (Å²) >= 11 is 6.28. The van der Waals surface area contributed by atoms with Crippen molar-refractivity contribution in [1.29, 1.82) is 0 Å². The number of hydrogen-bond acceptors (Lipinski definition) is 5. The van der Waals surface area contributed by atoms with Gasteiger partial charge >= 0.3 is 0 Å². The summed E-state index contributed by atoms with van der Waals surface area (Å²) in [5.74, 6) is 0.112. The Morgan fingerprint density at radius 3 is 2.68 bits per heavy atom. The number of rotatable bonds is 2. The van der Waals surface area contributed by atoms with Crippen LogP contribution in [0.4, 0.5) is 5.82 Å². The Balaban J connectivity index is 1.98. The predicted octanol–water partition coefficient (Wildman–Crippen LogP) is 3.32. The Bertz CT molecular complexity index is 1230. The Hall–Kier alpha value is -3.13. The molecule has 0 spiro atoms. The van der Waals surface area contributed by atoms with Crippen LogP contribution in [0.1, 0.15) is 31.1 Å². The van der Waals surface area contributed by atoms with E-state index in [9.17, 15) is 4.79 Å². The smallest absolute Gasteiger partial charge is 0.252 e. The van der Waals surface area contributed by atoms with Crippen molar-refractivity contribution in [2.24, 2.45) is 0 Å². The van der Waals surface area contributed by atoms with E-state index in [-0.39, 0.29) is 11.4 Å². The van der Waals surface area contributed by atoms with Crippen LogP contribution in [0.2, 0.25) is 5.02 Å². The highest BCUT2D eigenvalue weighted by molar-refractivity contribution is 6.34. The Morgan fingerprint density at radius 2 is 2.00 bits per heavy atom. The highest BCUT2D eigenvalue weighted by Crippen LogP contribution is 2.35. The minimum atomic E-state index is -0.293. The van der Waals surface area contributed by atoms with E-state index in [1.807, 2.05) is 31.5 Å². The van der Waals surface area contributed by atoms with E-state index in [2.05, 4.69) is 20.3 Å². The fraction of sp³-hybridized carbons (Fsp3) is 0.263. The lowest BCUT2D eigenvalue weighted by Gasteiger charge is -2.19. The number of aromatic amines is 1. The summed E-state index contributed by atoms with van der Waals surface area (Å²) < 4.78 is 1.84. The molecule has 0 bridgehead atoms. The van der Waals surface area contributed by atoms with Crippen LogP contribution in [0.3, 0.4) is 0 Å². The van der Waals surface area contributed by atoms with Gasteiger partial charge in [-0.1, -0.05) is 11.6 Å². The molecule has 0 saturated heterocycles. The summed E-state index contributed by atoms with van der Waals surface area (Å²) in [7, 11) is 1.57. The molecule has 0 aliphatic rings. The van der Waals surface area contributed by atoms with Gasteiger partial charge in [0.25, 0.3) is 5.91 Å². The molecular formula is C19H20ClN7O. The normalized spacial score (nSPS) is 12.0. The molecule has 0 aliphatic heterocycles. The third kappa shape index (κ3) is 2.77. The van der Waals surface area contributed by atoms with Crippen LogP contribution < -0.4 is 11.1 Å². The van der Waals surface area contributed by atoms with Gasteiger partial charge in [0, 0.05) is 18.0 Å². The number of carbonyl (C=O) groups is 1. The van der Waals surface area contributed by atoms with E-state index >= 15 is 0 Å². The number of nitrogen functional groups attached to an aromatic ring is 1. The zero-order valence-corrected chi connectivity index (χ0v) is 16.7. The van der Waals surface area contributed by atoms with Gasteiger partial charge in [-0.2, -0.15) is 5.10 Å². The Kier molecular flexibility index (Phi) is 4.04. The molecular weight excluding hydrogens is 378 g/mol. The van der Waals surface area contributed by atoms with Crippen LogP contribution in [0.5, 0.6) is 0 Å². The largest absolute Gasteiger partial charge is 0.383 e. The summed E-state index contributed by atoms with van der Waals surface area (Å²) in [6.45, 7) is 6.13. The Morgan fingerprint density at radius 1 is 1.25 bits per heavy atom. The molecule has 144 valence electrons. The molecule has 0 radical (unpaired) electrons. The lowest BCUT2D eigenvalue weighted by Crippen LogP contribution is -2.23. The number of nitrogens with two attached hydrogens (primary N) is 1. The van der Waals surface area contributed by atoms with Crippen molar-refractivity contribution < 1.29 is 4.79 Å². The summed E-state index contributed by atoms with van der Waals surface area (Å²) in [5.41, 5.74) is 9.10. The monoisotopic (exact) mass is 397 g/mol. The van der Waals surface area contributed by atoms with Gasteiger partial charge in [-0.05, 0) is 39.0 Å². The second-order valence-electron chi connectivity index (χ2n) is 7.57. The van der Waals surface area contributed by atoms with Crippen molar-refractivity contribution >= 4 is 45.3 Å². The number of nitrogens with zero attached hydrogens (tertiary/aromatic N) is 4. The van der Waals surface area contributed by atoms with Gasteiger partial charge in [-0.25, -0.2) is 14.6 Å². The lowest BCUT2D eigenvalue weighted by atomic mass is 10.1. The van der Waals surface area contributed by atoms with E-state index in [4.69, 9.17) is 22.4 Å². The second kappa shape index (κ2) is 6.20. The number of H-pyrrole nitrogens is 1. The van der Waals surface area contributed by atoms with Crippen molar-refractivity contribution in [2.75, 3.05) is 12.8 Å². The highest BCUT2D eigenvalue weighted by atomic mass is 35.5. The first kappa shape index (κ1) is 18.2. The first-order chi connectivity index (χ1) is 13.2. The molecule has 1 aromatic carbocycles. The van der Waals surface area contributed by atoms with Gasteiger partial charge in [-0.15, -0.1) is 0 Å². The lowest BCUT2D eigenvalue weighted by molar-refractivity contribution is 0.0963. The molecule has 4 aromatic rings. The Labute approximate surface area is 166 Å². The first-order valence-corrected chi connectivity index (χ1v) is 9.13. The van der Waals surface area contributed by atoms with Gasteiger partial charge < -0.3 is 16.0 Å². The maximum absolute atomic E-state index is 12.0. The van der Waals surface area contributed by atoms with Crippen LogP contribution in [-0.2, 0) is 5.54 Å². The fourth-order valence-electron chi connectivity index (χ4n) is 3.22. The zero-order chi connectivity index (χ0) is 20.2. The van der Waals surface area contributed by atoms with Crippen molar-refractivity contribution in [3.8, 4) is 11.4 Å². The summed E-state index contributed by atoms with van der Waals surface area (Å²) in [6, 6.07) is 5.41. The molecule has 0 atom stereocenters. The zero-order valence-electron chi connectivity index (χ0n) is 16.0. The van der Waals surface area contributed by atoms with E-state index in [1.165, 1.54) is 6.33 Å². The molecule has 0 fully saturated rings. The van der Waals surface area contributed by atoms with Crippen LogP contribution in [0.15, 0.2) is 24.5 Å². The number of aromatic nitrogens is 5. The summed E-state index contributed by atoms with van der Waals surface area (Å²) in [4.78, 5) is 23.9. The van der Waals surface area contributed by atoms with Crippen molar-refractivity contribution in [1.82, 2.24) is 30.0 Å². The number of anilines is 1. The highest BCUT2D eigenvalue weighted by Gasteiger charge is 2.25. The SMILES string of the molecule is CNC(=O)c1cc2[nH]c(-c3nn(C(C)(C)C)c4ncnc(N)c34)cc2cc1Cl. The fourth-order valence-corrected chi connectivity index (χ4v) is 3.48. The van der Waals surface area contributed by atoms with Crippen LogP contribution in [0, 0.1) is 0 Å². The van der Waals surface area contributed by atoms with E-state index in [0.29, 0.717) is 33.1 Å². The van der Waals surface area contributed by atoms with Gasteiger partial charge in [0.15, 0.2) is 5.65 Å². The van der Waals surface area contributed by atoms with Crippen molar-refractivity contribution in [3.63, 3.8) is 0 Å². The molecule has 4 N–H and O–H groups in total. The van der Waals surface area contributed by atoms with Gasteiger partial charge in [0.2, 0.25) is 0 Å². The number of nitrogens with one attached hydrogen (secondary N) is 2.